The first kappa shape index (κ1) is 17.7. The smallest absolute Gasteiger partial charge is 0.248 e. The van der Waals surface area contributed by atoms with E-state index in [2.05, 4.69) is 10.6 Å². The molecule has 22 heavy (non-hydrogen) atoms. The molecule has 0 saturated carbocycles. The molecule has 0 fully saturated rings. The Hall–Kier alpha value is -2.34. The van der Waals surface area contributed by atoms with E-state index in [-0.39, 0.29) is 11.8 Å². The Morgan fingerprint density at radius 2 is 1.77 bits per heavy atom. The molecule has 0 aliphatic heterocycles. The molecule has 120 valence electrons. The van der Waals surface area contributed by atoms with Gasteiger partial charge in [0.25, 0.3) is 0 Å². The number of nitrogens with one attached hydrogen (secondary N) is 2. The second kappa shape index (κ2) is 10.4. The molecule has 0 aromatic heterocycles. The van der Waals surface area contributed by atoms with Gasteiger partial charge in [0, 0.05) is 30.1 Å². The molecule has 0 radical (unpaired) electrons. The van der Waals surface area contributed by atoms with Gasteiger partial charge in [0.1, 0.15) is 0 Å². The quantitative estimate of drug-likeness (QED) is 0.314. The van der Waals surface area contributed by atoms with Gasteiger partial charge >= 0.3 is 0 Å². The molecule has 6 N–H and O–H groups in total. The molecule has 1 rings (SSSR count). The Morgan fingerprint density at radius 1 is 1.05 bits per heavy atom. The summed E-state index contributed by atoms with van der Waals surface area (Å²) in [6, 6.07) is 6.84. The van der Waals surface area contributed by atoms with Crippen LogP contribution >= 0.6 is 0 Å². The number of hydrogen-bond donors (Lipinski definition) is 4. The van der Waals surface area contributed by atoms with E-state index in [0.717, 1.165) is 25.7 Å². The molecule has 0 bridgehead atoms. The first-order valence-electron chi connectivity index (χ1n) is 7.44. The van der Waals surface area contributed by atoms with E-state index in [1.807, 2.05) is 0 Å². The number of unbranched alkanes of at least 4 members (excludes halogenated alkanes) is 3. The van der Waals surface area contributed by atoms with Crippen LogP contribution in [0.5, 0.6) is 0 Å². The molecule has 2 amide bonds. The molecule has 1 aromatic rings. The van der Waals surface area contributed by atoms with E-state index in [0.29, 0.717) is 24.5 Å². The molecular weight excluding hydrogens is 280 g/mol. The molecule has 1 aromatic carbocycles. The van der Waals surface area contributed by atoms with Crippen LogP contribution in [0, 0.1) is 0 Å². The van der Waals surface area contributed by atoms with Crippen molar-refractivity contribution in [2.75, 3.05) is 24.1 Å². The Kier molecular flexibility index (Phi) is 8.37. The van der Waals surface area contributed by atoms with E-state index in [1.165, 1.54) is 12.2 Å². The monoisotopic (exact) mass is 304 g/mol. The largest absolute Gasteiger partial charge is 0.399 e. The summed E-state index contributed by atoms with van der Waals surface area (Å²) in [5.41, 5.74) is 12.2. The normalized spacial score (nSPS) is 10.6. The highest BCUT2D eigenvalue weighted by Crippen LogP contribution is 2.11. The topological polar surface area (TPSA) is 110 Å². The molecule has 0 aliphatic carbocycles. The third-order valence-electron chi connectivity index (χ3n) is 2.97. The van der Waals surface area contributed by atoms with Gasteiger partial charge in [0.15, 0.2) is 0 Å². The molecule has 0 heterocycles. The zero-order valence-electron chi connectivity index (χ0n) is 12.7. The number of amides is 2. The van der Waals surface area contributed by atoms with Crippen molar-refractivity contribution in [3.05, 3.63) is 36.4 Å². The Labute approximate surface area is 130 Å². The van der Waals surface area contributed by atoms with E-state index < -0.39 is 0 Å². The number of benzene rings is 1. The molecular formula is C16H24N4O2. The van der Waals surface area contributed by atoms with Crippen LogP contribution < -0.4 is 22.1 Å². The zero-order valence-corrected chi connectivity index (χ0v) is 12.7. The first-order valence-corrected chi connectivity index (χ1v) is 7.44. The van der Waals surface area contributed by atoms with Gasteiger partial charge in [-0.2, -0.15) is 0 Å². The fraction of sp³-hybridized carbons (Fsp3) is 0.375. The third kappa shape index (κ3) is 8.06. The molecule has 0 unspecified atom stereocenters. The van der Waals surface area contributed by atoms with Gasteiger partial charge in [-0.3, -0.25) is 9.59 Å². The summed E-state index contributed by atoms with van der Waals surface area (Å²) >= 11 is 0. The maximum Gasteiger partial charge on any atom is 0.248 e. The van der Waals surface area contributed by atoms with Gasteiger partial charge in [-0.15, -0.1) is 0 Å². The van der Waals surface area contributed by atoms with E-state index in [1.54, 1.807) is 24.3 Å². The second-order valence-corrected chi connectivity index (χ2v) is 4.94. The highest BCUT2D eigenvalue weighted by molar-refractivity contribution is 6.03. The average Bonchev–Trinajstić information content (AvgIpc) is 2.49. The Morgan fingerprint density at radius 3 is 2.50 bits per heavy atom. The van der Waals surface area contributed by atoms with Gasteiger partial charge in [-0.1, -0.05) is 18.9 Å². The lowest BCUT2D eigenvalue weighted by Gasteiger charge is -2.03. The minimum atomic E-state index is -0.372. The zero-order chi connectivity index (χ0) is 16.2. The van der Waals surface area contributed by atoms with Crippen LogP contribution in [-0.2, 0) is 9.59 Å². The third-order valence-corrected chi connectivity index (χ3v) is 2.97. The summed E-state index contributed by atoms with van der Waals surface area (Å²) in [7, 11) is 0. The van der Waals surface area contributed by atoms with Crippen molar-refractivity contribution in [1.29, 1.82) is 0 Å². The van der Waals surface area contributed by atoms with Crippen LogP contribution in [0.15, 0.2) is 36.4 Å². The van der Waals surface area contributed by atoms with E-state index in [9.17, 15) is 9.59 Å². The maximum atomic E-state index is 11.6. The Bertz CT molecular complexity index is 515. The van der Waals surface area contributed by atoms with Crippen LogP contribution in [0.3, 0.4) is 0 Å². The molecule has 0 spiro atoms. The lowest BCUT2D eigenvalue weighted by Crippen LogP contribution is -2.22. The number of rotatable bonds is 9. The predicted octanol–water partition coefficient (Wildman–Crippen LogP) is 1.40. The highest BCUT2D eigenvalue weighted by Gasteiger charge is 2.00. The predicted molar refractivity (Wildman–Crippen MR) is 89.2 cm³/mol. The minimum absolute atomic E-state index is 0.276. The van der Waals surface area contributed by atoms with Crippen molar-refractivity contribution in [1.82, 2.24) is 5.32 Å². The summed E-state index contributed by atoms with van der Waals surface area (Å²) in [5, 5.41) is 5.36. The maximum absolute atomic E-state index is 11.6. The molecule has 6 nitrogen and oxygen atoms in total. The summed E-state index contributed by atoms with van der Waals surface area (Å²) in [5.74, 6) is -0.648. The standard InChI is InChI=1S/C16H24N4O2/c17-10-3-1-2-4-11-19-15(21)8-9-16(22)20-14-7-5-6-13(18)12-14/h5-9,12H,1-4,10-11,17-18H2,(H,19,21)(H,20,22)/b9-8-. The fourth-order valence-electron chi connectivity index (χ4n) is 1.85. The summed E-state index contributed by atoms with van der Waals surface area (Å²) in [4.78, 5) is 23.2. The average molecular weight is 304 g/mol. The van der Waals surface area contributed by atoms with Crippen LogP contribution in [0.4, 0.5) is 11.4 Å². The van der Waals surface area contributed by atoms with Gasteiger partial charge in [-0.25, -0.2) is 0 Å². The van der Waals surface area contributed by atoms with Crippen LogP contribution in [0.1, 0.15) is 25.7 Å². The summed E-state index contributed by atoms with van der Waals surface area (Å²) in [6.45, 7) is 1.31. The van der Waals surface area contributed by atoms with Crippen LogP contribution in [0.2, 0.25) is 0 Å². The number of carbonyl (C=O) groups excluding carboxylic acids is 2. The van der Waals surface area contributed by atoms with Crippen LogP contribution in [0.25, 0.3) is 0 Å². The molecule has 0 aliphatic rings. The van der Waals surface area contributed by atoms with Crippen molar-refractivity contribution in [3.63, 3.8) is 0 Å². The van der Waals surface area contributed by atoms with Crippen molar-refractivity contribution < 1.29 is 9.59 Å². The van der Waals surface area contributed by atoms with Crippen LogP contribution in [-0.4, -0.2) is 24.9 Å². The summed E-state index contributed by atoms with van der Waals surface area (Å²) < 4.78 is 0. The van der Waals surface area contributed by atoms with Gasteiger partial charge in [0.2, 0.25) is 11.8 Å². The minimum Gasteiger partial charge on any atom is -0.399 e. The lowest BCUT2D eigenvalue weighted by molar-refractivity contribution is -0.117. The number of hydrogen-bond acceptors (Lipinski definition) is 4. The SMILES string of the molecule is NCCCCCCNC(=O)/C=C\C(=O)Nc1cccc(N)c1. The number of carbonyl (C=O) groups is 2. The molecule has 6 heteroatoms. The van der Waals surface area contributed by atoms with Crippen molar-refractivity contribution in [2.45, 2.75) is 25.7 Å². The van der Waals surface area contributed by atoms with Crippen molar-refractivity contribution in [2.24, 2.45) is 5.73 Å². The lowest BCUT2D eigenvalue weighted by atomic mass is 10.2. The Balaban J connectivity index is 2.22. The highest BCUT2D eigenvalue weighted by atomic mass is 16.2. The van der Waals surface area contributed by atoms with E-state index >= 15 is 0 Å². The van der Waals surface area contributed by atoms with Gasteiger partial charge in [0.05, 0.1) is 0 Å². The number of anilines is 2. The molecule has 0 atom stereocenters. The van der Waals surface area contributed by atoms with Gasteiger partial charge < -0.3 is 22.1 Å². The van der Waals surface area contributed by atoms with Crippen molar-refractivity contribution >= 4 is 23.2 Å². The second-order valence-electron chi connectivity index (χ2n) is 4.94. The number of nitrogens with two attached hydrogens (primary N) is 2. The first-order chi connectivity index (χ1) is 10.6. The molecule has 0 saturated heterocycles. The fourth-order valence-corrected chi connectivity index (χ4v) is 1.85. The number of nitrogen functional groups attached to an aromatic ring is 1. The van der Waals surface area contributed by atoms with E-state index in [4.69, 9.17) is 11.5 Å². The summed E-state index contributed by atoms with van der Waals surface area (Å²) in [6.07, 6.45) is 6.46. The van der Waals surface area contributed by atoms with Crippen molar-refractivity contribution in [3.8, 4) is 0 Å². The van der Waals surface area contributed by atoms with Gasteiger partial charge in [-0.05, 0) is 37.6 Å².